The highest BCUT2D eigenvalue weighted by atomic mass is 14.3. The summed E-state index contributed by atoms with van der Waals surface area (Å²) in [6, 6.07) is 0. The van der Waals surface area contributed by atoms with Gasteiger partial charge >= 0.3 is 0 Å². The van der Waals surface area contributed by atoms with Crippen LogP contribution in [0.5, 0.6) is 0 Å². The van der Waals surface area contributed by atoms with Crippen LogP contribution >= 0.6 is 0 Å². The second kappa shape index (κ2) is 9.00. The molecule has 0 N–H and O–H groups in total. The molecular formula is C17H34. The van der Waals surface area contributed by atoms with Gasteiger partial charge in [0.2, 0.25) is 0 Å². The van der Waals surface area contributed by atoms with E-state index in [0.29, 0.717) is 0 Å². The number of hydrogen-bond donors (Lipinski definition) is 0. The molecule has 0 bridgehead atoms. The molecule has 1 unspecified atom stereocenters. The first kappa shape index (κ1) is 15.1. The summed E-state index contributed by atoms with van der Waals surface area (Å²) in [5.74, 6) is 3.17. The second-order valence-corrected chi connectivity index (χ2v) is 6.29. The Morgan fingerprint density at radius 2 is 1.53 bits per heavy atom. The maximum atomic E-state index is 2.38. The van der Waals surface area contributed by atoms with Gasteiger partial charge in [-0.05, 0) is 17.8 Å². The summed E-state index contributed by atoms with van der Waals surface area (Å²) >= 11 is 0. The Morgan fingerprint density at radius 1 is 0.882 bits per heavy atom. The van der Waals surface area contributed by atoms with E-state index in [9.17, 15) is 0 Å². The van der Waals surface area contributed by atoms with Gasteiger partial charge < -0.3 is 0 Å². The van der Waals surface area contributed by atoms with Crippen molar-refractivity contribution in [3.63, 3.8) is 0 Å². The van der Waals surface area contributed by atoms with Gasteiger partial charge in [0.25, 0.3) is 0 Å². The zero-order valence-electron chi connectivity index (χ0n) is 12.5. The van der Waals surface area contributed by atoms with E-state index in [1.807, 2.05) is 0 Å². The normalized spacial score (nSPS) is 27.0. The van der Waals surface area contributed by atoms with Gasteiger partial charge in [0.15, 0.2) is 0 Å². The van der Waals surface area contributed by atoms with Crippen LogP contribution in [0, 0.1) is 17.8 Å². The largest absolute Gasteiger partial charge is 0.0654 e. The Morgan fingerprint density at radius 3 is 2.06 bits per heavy atom. The fraction of sp³-hybridized carbons (Fsp3) is 1.00. The van der Waals surface area contributed by atoms with E-state index >= 15 is 0 Å². The lowest BCUT2D eigenvalue weighted by molar-refractivity contribution is 0.241. The van der Waals surface area contributed by atoms with Gasteiger partial charge in [-0.15, -0.1) is 0 Å². The lowest BCUT2D eigenvalue weighted by atomic mass is 9.77. The van der Waals surface area contributed by atoms with Crippen LogP contribution in [0.1, 0.15) is 91.4 Å². The van der Waals surface area contributed by atoms with E-state index < -0.39 is 0 Å². The molecule has 1 fully saturated rings. The van der Waals surface area contributed by atoms with Crippen molar-refractivity contribution in [2.75, 3.05) is 0 Å². The van der Waals surface area contributed by atoms with Crippen molar-refractivity contribution in [3.05, 3.63) is 0 Å². The molecule has 1 aliphatic rings. The van der Waals surface area contributed by atoms with Crippen LogP contribution in [-0.4, -0.2) is 0 Å². The molecule has 0 heteroatoms. The van der Waals surface area contributed by atoms with E-state index in [4.69, 9.17) is 0 Å². The first-order chi connectivity index (χ1) is 8.30. The number of hydrogen-bond acceptors (Lipinski definition) is 0. The zero-order chi connectivity index (χ0) is 12.5. The predicted octanol–water partition coefficient (Wildman–Crippen LogP) is 6.20. The molecule has 0 nitrogen and oxygen atoms in total. The quantitative estimate of drug-likeness (QED) is 0.472. The molecule has 1 aliphatic carbocycles. The predicted molar refractivity (Wildman–Crippen MR) is 78.3 cm³/mol. The van der Waals surface area contributed by atoms with Crippen LogP contribution < -0.4 is 0 Å². The summed E-state index contributed by atoms with van der Waals surface area (Å²) in [5, 5.41) is 0. The van der Waals surface area contributed by atoms with Crippen molar-refractivity contribution in [1.29, 1.82) is 0 Å². The van der Waals surface area contributed by atoms with Crippen LogP contribution in [0.2, 0.25) is 0 Å². The van der Waals surface area contributed by atoms with Crippen molar-refractivity contribution in [1.82, 2.24) is 0 Å². The maximum Gasteiger partial charge on any atom is -0.0414 e. The average molecular weight is 238 g/mol. The summed E-state index contributed by atoms with van der Waals surface area (Å²) < 4.78 is 0. The smallest absolute Gasteiger partial charge is 0.0414 e. The second-order valence-electron chi connectivity index (χ2n) is 6.29. The molecule has 0 saturated heterocycles. The molecule has 1 rings (SSSR count). The van der Waals surface area contributed by atoms with E-state index in [1.165, 1.54) is 70.6 Å². The number of rotatable bonds is 8. The Balaban J connectivity index is 2.12. The fourth-order valence-electron chi connectivity index (χ4n) is 3.45. The van der Waals surface area contributed by atoms with Gasteiger partial charge in [0.05, 0.1) is 0 Å². The van der Waals surface area contributed by atoms with Gasteiger partial charge in [-0.1, -0.05) is 91.4 Å². The minimum atomic E-state index is 1.03. The third-order valence-corrected chi connectivity index (χ3v) is 5.07. The Kier molecular flexibility index (Phi) is 7.97. The van der Waals surface area contributed by atoms with Crippen LogP contribution in [0.15, 0.2) is 0 Å². The third-order valence-electron chi connectivity index (χ3n) is 5.07. The van der Waals surface area contributed by atoms with Gasteiger partial charge in [0.1, 0.15) is 0 Å². The summed E-state index contributed by atoms with van der Waals surface area (Å²) in [6.45, 7) is 7.07. The van der Waals surface area contributed by atoms with E-state index in [0.717, 1.165) is 17.8 Å². The van der Waals surface area contributed by atoms with E-state index in [2.05, 4.69) is 20.8 Å². The fourth-order valence-corrected chi connectivity index (χ4v) is 3.45. The molecule has 0 aliphatic heterocycles. The molecule has 0 heterocycles. The lowest BCUT2D eigenvalue weighted by Crippen LogP contribution is -2.15. The van der Waals surface area contributed by atoms with Gasteiger partial charge in [-0.3, -0.25) is 0 Å². The average Bonchev–Trinajstić information content (AvgIpc) is 2.39. The van der Waals surface area contributed by atoms with E-state index in [1.54, 1.807) is 0 Å². The third kappa shape index (κ3) is 5.93. The molecular weight excluding hydrogens is 204 g/mol. The highest BCUT2D eigenvalue weighted by Gasteiger charge is 2.20. The first-order valence-electron chi connectivity index (χ1n) is 8.30. The van der Waals surface area contributed by atoms with Crippen molar-refractivity contribution in [2.45, 2.75) is 91.4 Å². The highest BCUT2D eigenvalue weighted by Crippen LogP contribution is 2.34. The van der Waals surface area contributed by atoms with Crippen molar-refractivity contribution < 1.29 is 0 Å². The zero-order valence-corrected chi connectivity index (χ0v) is 12.5. The van der Waals surface area contributed by atoms with Crippen LogP contribution in [0.3, 0.4) is 0 Å². The maximum absolute atomic E-state index is 2.38. The van der Waals surface area contributed by atoms with Crippen LogP contribution in [0.25, 0.3) is 0 Å². The molecule has 0 amide bonds. The molecule has 102 valence electrons. The highest BCUT2D eigenvalue weighted by molar-refractivity contribution is 4.73. The molecule has 17 heavy (non-hydrogen) atoms. The topological polar surface area (TPSA) is 0 Å². The van der Waals surface area contributed by atoms with Crippen molar-refractivity contribution in [3.8, 4) is 0 Å². The van der Waals surface area contributed by atoms with Gasteiger partial charge in [0, 0.05) is 0 Å². The molecule has 0 radical (unpaired) electrons. The van der Waals surface area contributed by atoms with Crippen LogP contribution in [0.4, 0.5) is 0 Å². The molecule has 0 aromatic heterocycles. The minimum absolute atomic E-state index is 1.03. The SMILES string of the molecule is CCCCC(CC)CCC1CCC(CC)CC1. The Labute approximate surface area is 110 Å². The molecule has 0 aromatic rings. The number of unbranched alkanes of at least 4 members (excludes halogenated alkanes) is 1. The van der Waals surface area contributed by atoms with Crippen molar-refractivity contribution in [2.24, 2.45) is 17.8 Å². The summed E-state index contributed by atoms with van der Waals surface area (Å²) in [4.78, 5) is 0. The lowest BCUT2D eigenvalue weighted by Gasteiger charge is -2.28. The van der Waals surface area contributed by atoms with E-state index in [-0.39, 0.29) is 0 Å². The summed E-state index contributed by atoms with van der Waals surface area (Å²) in [5.41, 5.74) is 0. The monoisotopic (exact) mass is 238 g/mol. The minimum Gasteiger partial charge on any atom is -0.0654 e. The Hall–Kier alpha value is 0. The summed E-state index contributed by atoms with van der Waals surface area (Å²) in [6.07, 6.45) is 16.3. The van der Waals surface area contributed by atoms with Crippen LogP contribution in [-0.2, 0) is 0 Å². The molecule has 1 saturated carbocycles. The Bertz CT molecular complexity index is 165. The molecule has 0 spiro atoms. The summed E-state index contributed by atoms with van der Waals surface area (Å²) in [7, 11) is 0. The van der Waals surface area contributed by atoms with Gasteiger partial charge in [-0.25, -0.2) is 0 Å². The molecule has 1 atom stereocenters. The first-order valence-corrected chi connectivity index (χ1v) is 8.30. The molecule has 0 aromatic carbocycles. The van der Waals surface area contributed by atoms with Gasteiger partial charge in [-0.2, -0.15) is 0 Å². The standard InChI is InChI=1S/C17H34/c1-4-7-8-15(5-2)9-12-17-13-10-16(6-3)11-14-17/h15-17H,4-14H2,1-3H3. The van der Waals surface area contributed by atoms with Crippen molar-refractivity contribution >= 4 is 0 Å².